The summed E-state index contributed by atoms with van der Waals surface area (Å²) in [6, 6.07) is 6.67. The van der Waals surface area contributed by atoms with Crippen molar-refractivity contribution in [1.29, 1.82) is 0 Å². The zero-order valence-corrected chi connectivity index (χ0v) is 15.9. The number of nitrogens with zero attached hydrogens (tertiary/aromatic N) is 3. The van der Waals surface area contributed by atoms with Gasteiger partial charge in [0, 0.05) is 32.2 Å². The van der Waals surface area contributed by atoms with E-state index >= 15 is 0 Å². The Hall–Kier alpha value is -2.21. The van der Waals surface area contributed by atoms with Crippen LogP contribution in [0.3, 0.4) is 0 Å². The molecule has 3 aliphatic rings. The van der Waals surface area contributed by atoms with Crippen molar-refractivity contribution in [3.63, 3.8) is 0 Å². The fourth-order valence-electron chi connectivity index (χ4n) is 4.69. The van der Waals surface area contributed by atoms with E-state index in [1.807, 2.05) is 4.90 Å². The normalized spacial score (nSPS) is 22.9. The smallest absolute Gasteiger partial charge is 0.262 e. The molecule has 1 aromatic rings. The molecule has 0 N–H and O–H groups in total. The minimum Gasteiger partial charge on any atom is -0.338 e. The lowest BCUT2D eigenvalue weighted by molar-refractivity contribution is -0.137. The molecule has 0 aromatic heterocycles. The summed E-state index contributed by atoms with van der Waals surface area (Å²) < 4.78 is 0. The van der Waals surface area contributed by atoms with E-state index in [0.717, 1.165) is 18.0 Å². The molecular formula is C21H27N3O3. The van der Waals surface area contributed by atoms with Gasteiger partial charge < -0.3 is 4.90 Å². The third-order valence-corrected chi connectivity index (χ3v) is 6.29. The molecule has 6 nitrogen and oxygen atoms in total. The summed E-state index contributed by atoms with van der Waals surface area (Å²) in [5.41, 5.74) is 0.786. The molecule has 3 amide bonds. The fourth-order valence-corrected chi connectivity index (χ4v) is 4.69. The van der Waals surface area contributed by atoms with E-state index in [0.29, 0.717) is 30.3 Å². The molecule has 1 aliphatic carbocycles. The second-order valence-electron chi connectivity index (χ2n) is 7.85. The van der Waals surface area contributed by atoms with Crippen LogP contribution in [0, 0.1) is 0 Å². The molecule has 2 aliphatic heterocycles. The molecule has 144 valence electrons. The second kappa shape index (κ2) is 7.43. The number of carbonyl (C=O) groups excluding carboxylic acids is 3. The fraction of sp³-hybridized carbons (Fsp3) is 0.571. The average Bonchev–Trinajstić information content (AvgIpc) is 2.98. The van der Waals surface area contributed by atoms with Crippen molar-refractivity contribution in [2.75, 3.05) is 26.2 Å². The SMILES string of the molecule is C[C@H](C(=O)N1CCN(C2CCCCC2)CC1)N1C(=O)c2ccccc2C1=O. The van der Waals surface area contributed by atoms with E-state index in [1.165, 1.54) is 32.1 Å². The van der Waals surface area contributed by atoms with Crippen molar-refractivity contribution >= 4 is 17.7 Å². The topological polar surface area (TPSA) is 60.9 Å². The zero-order valence-electron chi connectivity index (χ0n) is 15.9. The van der Waals surface area contributed by atoms with Crippen LogP contribution in [0.2, 0.25) is 0 Å². The predicted octanol–water partition coefficient (Wildman–Crippen LogP) is 2.15. The summed E-state index contributed by atoms with van der Waals surface area (Å²) in [5.74, 6) is -0.859. The van der Waals surface area contributed by atoms with E-state index in [4.69, 9.17) is 0 Å². The quantitative estimate of drug-likeness (QED) is 0.766. The Bertz CT molecular complexity index is 714. The minimum absolute atomic E-state index is 0.132. The highest BCUT2D eigenvalue weighted by molar-refractivity contribution is 6.22. The van der Waals surface area contributed by atoms with Gasteiger partial charge >= 0.3 is 0 Å². The summed E-state index contributed by atoms with van der Waals surface area (Å²) in [7, 11) is 0. The monoisotopic (exact) mass is 369 g/mol. The Kier molecular flexibility index (Phi) is 5.00. The first-order valence-corrected chi connectivity index (χ1v) is 10.1. The van der Waals surface area contributed by atoms with Gasteiger partial charge in [-0.05, 0) is 31.9 Å². The largest absolute Gasteiger partial charge is 0.338 e. The molecule has 1 saturated carbocycles. The number of amides is 3. The van der Waals surface area contributed by atoms with Crippen LogP contribution in [0.4, 0.5) is 0 Å². The molecular weight excluding hydrogens is 342 g/mol. The molecule has 1 saturated heterocycles. The summed E-state index contributed by atoms with van der Waals surface area (Å²) in [6.45, 7) is 4.76. The van der Waals surface area contributed by atoms with Crippen molar-refractivity contribution in [2.45, 2.75) is 51.1 Å². The lowest BCUT2D eigenvalue weighted by Crippen LogP contribution is -2.56. The van der Waals surface area contributed by atoms with Crippen molar-refractivity contribution in [3.05, 3.63) is 35.4 Å². The van der Waals surface area contributed by atoms with Gasteiger partial charge in [0.25, 0.3) is 11.8 Å². The first kappa shape index (κ1) is 18.2. The van der Waals surface area contributed by atoms with Crippen LogP contribution in [0.5, 0.6) is 0 Å². The third kappa shape index (κ3) is 3.27. The standard InChI is InChI=1S/C21H27N3O3/c1-15(24-20(26)17-9-5-6-10-18(17)21(24)27)19(25)23-13-11-22(12-14-23)16-7-3-2-4-8-16/h5-6,9-10,15-16H,2-4,7-8,11-14H2,1H3/t15-/m1/s1. The first-order chi connectivity index (χ1) is 13.1. The first-order valence-electron chi connectivity index (χ1n) is 10.1. The molecule has 0 spiro atoms. The van der Waals surface area contributed by atoms with Gasteiger partial charge in [-0.2, -0.15) is 0 Å². The van der Waals surface area contributed by atoms with E-state index < -0.39 is 6.04 Å². The highest BCUT2D eigenvalue weighted by atomic mass is 16.2. The van der Waals surface area contributed by atoms with Gasteiger partial charge in [0.05, 0.1) is 11.1 Å². The van der Waals surface area contributed by atoms with Gasteiger partial charge in [-0.3, -0.25) is 24.2 Å². The molecule has 0 radical (unpaired) electrons. The lowest BCUT2D eigenvalue weighted by atomic mass is 9.94. The van der Waals surface area contributed by atoms with Gasteiger partial charge in [-0.25, -0.2) is 0 Å². The van der Waals surface area contributed by atoms with Crippen LogP contribution in [-0.2, 0) is 4.79 Å². The van der Waals surface area contributed by atoms with Crippen molar-refractivity contribution in [1.82, 2.24) is 14.7 Å². The van der Waals surface area contributed by atoms with E-state index in [-0.39, 0.29) is 17.7 Å². The zero-order chi connectivity index (χ0) is 19.0. The van der Waals surface area contributed by atoms with Crippen LogP contribution in [-0.4, -0.2) is 70.7 Å². The number of carbonyl (C=O) groups is 3. The molecule has 2 fully saturated rings. The van der Waals surface area contributed by atoms with E-state index in [2.05, 4.69) is 4.90 Å². The molecule has 6 heteroatoms. The molecule has 0 bridgehead atoms. The number of imide groups is 1. The summed E-state index contributed by atoms with van der Waals surface area (Å²) in [6.07, 6.45) is 6.48. The molecule has 0 unspecified atom stereocenters. The van der Waals surface area contributed by atoms with E-state index in [1.54, 1.807) is 31.2 Å². The average molecular weight is 369 g/mol. The number of piperazine rings is 1. The number of fused-ring (bicyclic) bond motifs is 1. The maximum absolute atomic E-state index is 13.0. The molecule has 1 aromatic carbocycles. The third-order valence-electron chi connectivity index (χ3n) is 6.29. The second-order valence-corrected chi connectivity index (χ2v) is 7.85. The number of benzene rings is 1. The molecule has 2 heterocycles. The summed E-state index contributed by atoms with van der Waals surface area (Å²) in [5, 5.41) is 0. The predicted molar refractivity (Wildman–Crippen MR) is 101 cm³/mol. The van der Waals surface area contributed by atoms with Crippen LogP contribution >= 0.6 is 0 Å². The Morgan fingerprint density at radius 2 is 1.48 bits per heavy atom. The molecule has 1 atom stereocenters. The Labute approximate surface area is 160 Å². The molecule has 27 heavy (non-hydrogen) atoms. The maximum atomic E-state index is 13.0. The highest BCUT2D eigenvalue weighted by Crippen LogP contribution is 2.26. The number of rotatable bonds is 3. The lowest BCUT2D eigenvalue weighted by Gasteiger charge is -2.41. The van der Waals surface area contributed by atoms with Gasteiger partial charge in [0.2, 0.25) is 5.91 Å². The van der Waals surface area contributed by atoms with Crippen LogP contribution in [0.15, 0.2) is 24.3 Å². The summed E-state index contributed by atoms with van der Waals surface area (Å²) >= 11 is 0. The summed E-state index contributed by atoms with van der Waals surface area (Å²) in [4.78, 5) is 43.7. The van der Waals surface area contributed by atoms with E-state index in [9.17, 15) is 14.4 Å². The van der Waals surface area contributed by atoms with Crippen molar-refractivity contribution in [3.8, 4) is 0 Å². The molecule has 4 rings (SSSR count). The minimum atomic E-state index is -0.765. The Morgan fingerprint density at radius 1 is 0.926 bits per heavy atom. The van der Waals surface area contributed by atoms with Crippen molar-refractivity contribution < 1.29 is 14.4 Å². The van der Waals surface area contributed by atoms with Crippen LogP contribution in [0.25, 0.3) is 0 Å². The van der Waals surface area contributed by atoms with Crippen molar-refractivity contribution in [2.24, 2.45) is 0 Å². The van der Waals surface area contributed by atoms with Gasteiger partial charge in [0.15, 0.2) is 0 Å². The Balaban J connectivity index is 1.39. The number of hydrogen-bond donors (Lipinski definition) is 0. The van der Waals surface area contributed by atoms with Gasteiger partial charge in [-0.1, -0.05) is 31.4 Å². The maximum Gasteiger partial charge on any atom is 0.262 e. The Morgan fingerprint density at radius 3 is 2.04 bits per heavy atom. The highest BCUT2D eigenvalue weighted by Gasteiger charge is 2.42. The van der Waals surface area contributed by atoms with Gasteiger partial charge in [0.1, 0.15) is 6.04 Å². The van der Waals surface area contributed by atoms with Crippen LogP contribution in [0.1, 0.15) is 59.7 Å². The number of hydrogen-bond acceptors (Lipinski definition) is 4. The van der Waals surface area contributed by atoms with Gasteiger partial charge in [-0.15, -0.1) is 0 Å². The van der Waals surface area contributed by atoms with Crippen LogP contribution < -0.4 is 0 Å².